The van der Waals surface area contributed by atoms with Gasteiger partial charge in [0.1, 0.15) is 11.7 Å². The molecule has 2 aromatic rings. The van der Waals surface area contributed by atoms with E-state index in [1.807, 2.05) is 24.5 Å². The zero-order valence-electron chi connectivity index (χ0n) is 16.4. The van der Waals surface area contributed by atoms with Crippen molar-refractivity contribution in [1.82, 2.24) is 9.55 Å². The fourth-order valence-electron chi connectivity index (χ4n) is 3.78. The Bertz CT molecular complexity index is 806. The number of Topliss-reactive ketones (excluding diaryl/α,β-unsaturated/α-hetero) is 1. The molecule has 1 aromatic heterocycles. The fraction of sp³-hybridized carbons (Fsp3) is 0.550. The summed E-state index contributed by atoms with van der Waals surface area (Å²) >= 11 is 2.33. The summed E-state index contributed by atoms with van der Waals surface area (Å²) in [5.74, 6) is -0.776. The normalized spacial score (nSPS) is 20.0. The van der Waals surface area contributed by atoms with Crippen molar-refractivity contribution in [2.75, 3.05) is 6.61 Å². The monoisotopic (exact) mass is 502 g/mol. The van der Waals surface area contributed by atoms with Crippen LogP contribution in [0.2, 0.25) is 0 Å². The second-order valence-corrected chi connectivity index (χ2v) is 8.35. The molecule has 1 saturated carbocycles. The Kier molecular flexibility index (Phi) is 8.67. The van der Waals surface area contributed by atoms with Crippen molar-refractivity contribution in [3.63, 3.8) is 0 Å². The number of hydrogen-bond acceptors (Lipinski definition) is 4. The summed E-state index contributed by atoms with van der Waals surface area (Å²) in [5, 5.41) is 5.64. The topological polar surface area (TPSA) is 61.2 Å². The molecule has 7 heteroatoms. The highest BCUT2D eigenvalue weighted by atomic mass is 127. The van der Waals surface area contributed by atoms with Crippen LogP contribution in [0.4, 0.5) is 0 Å². The van der Waals surface area contributed by atoms with Gasteiger partial charge in [0, 0.05) is 11.8 Å². The third-order valence-corrected chi connectivity index (χ3v) is 6.85. The van der Waals surface area contributed by atoms with E-state index in [2.05, 4.69) is 46.2 Å². The number of esters is 1. The molecule has 3 rings (SSSR count). The second-order valence-electron chi connectivity index (χ2n) is 6.31. The van der Waals surface area contributed by atoms with Crippen molar-refractivity contribution in [3.8, 4) is 0 Å². The van der Waals surface area contributed by atoms with Crippen LogP contribution in [0.25, 0.3) is 10.9 Å². The van der Waals surface area contributed by atoms with Gasteiger partial charge < -0.3 is 4.74 Å². The summed E-state index contributed by atoms with van der Waals surface area (Å²) in [7, 11) is 0. The smallest absolute Gasteiger partial charge is 0.316 e. The maximum Gasteiger partial charge on any atom is 0.316 e. The maximum absolute atomic E-state index is 12.6. The van der Waals surface area contributed by atoms with Gasteiger partial charge >= 0.3 is 5.97 Å². The molecule has 1 aliphatic carbocycles. The van der Waals surface area contributed by atoms with Gasteiger partial charge in [0.05, 0.1) is 24.7 Å². The molecule has 1 aromatic carbocycles. The summed E-state index contributed by atoms with van der Waals surface area (Å²) in [6.45, 7) is 8.23. The van der Waals surface area contributed by atoms with Gasteiger partial charge in [-0.3, -0.25) is 9.59 Å². The quantitative estimate of drug-likeness (QED) is 0.237. The number of hydrogen-bond donors (Lipinski definition) is 0. The van der Waals surface area contributed by atoms with E-state index in [-0.39, 0.29) is 17.7 Å². The number of aryl methyl sites for hydroxylation is 1. The van der Waals surface area contributed by atoms with Crippen LogP contribution < -0.4 is 0 Å². The standard InChI is InChI=1S/C18H22IN2O3P.C2H6/c1-3-11-6-8-15-14(10-20-21(15)25-19)17(11)12-5-7-13(16(22)9-12)18(23)24-4-2;1-2/h6,8,10,12-13,25H,3-5,7,9H2,1-2H3;1-2H3. The number of nitrogens with zero attached hydrogens (tertiary/aromatic N) is 2. The van der Waals surface area contributed by atoms with Crippen LogP contribution in [0.5, 0.6) is 0 Å². The molecule has 3 atom stereocenters. The molecule has 0 N–H and O–H groups in total. The summed E-state index contributed by atoms with van der Waals surface area (Å²) in [6.07, 6.45) is 5.22. The Balaban J connectivity index is 0.00000126. The van der Waals surface area contributed by atoms with E-state index in [9.17, 15) is 9.59 Å². The predicted octanol–water partition coefficient (Wildman–Crippen LogP) is 5.43. The Labute approximate surface area is 175 Å². The minimum absolute atomic E-state index is 0.0110. The average Bonchev–Trinajstić information content (AvgIpc) is 3.11. The molecular formula is C20H28IN2O3P. The van der Waals surface area contributed by atoms with Crippen molar-refractivity contribution < 1.29 is 14.3 Å². The molecule has 0 bridgehead atoms. The van der Waals surface area contributed by atoms with Crippen molar-refractivity contribution in [1.29, 1.82) is 0 Å². The molecule has 0 radical (unpaired) electrons. The first kappa shape index (κ1) is 22.3. The van der Waals surface area contributed by atoms with Gasteiger partial charge in [-0.25, -0.2) is 4.45 Å². The average molecular weight is 502 g/mol. The van der Waals surface area contributed by atoms with Gasteiger partial charge in [-0.2, -0.15) is 5.10 Å². The van der Waals surface area contributed by atoms with Gasteiger partial charge in [-0.1, -0.05) is 26.8 Å². The van der Waals surface area contributed by atoms with E-state index in [4.69, 9.17) is 4.74 Å². The van der Waals surface area contributed by atoms with E-state index in [1.165, 1.54) is 11.1 Å². The van der Waals surface area contributed by atoms with Crippen LogP contribution in [0.3, 0.4) is 0 Å². The molecule has 1 fully saturated rings. The molecular weight excluding hydrogens is 474 g/mol. The Hall–Kier alpha value is -1.01. The number of rotatable bonds is 5. The zero-order valence-corrected chi connectivity index (χ0v) is 19.6. The van der Waals surface area contributed by atoms with E-state index in [1.54, 1.807) is 6.92 Å². The molecule has 0 aliphatic heterocycles. The van der Waals surface area contributed by atoms with E-state index < -0.39 is 5.92 Å². The molecule has 0 saturated heterocycles. The Morgan fingerprint density at radius 2 is 2.07 bits per heavy atom. The van der Waals surface area contributed by atoms with Crippen LogP contribution in [0.1, 0.15) is 64.0 Å². The van der Waals surface area contributed by atoms with E-state index in [0.717, 1.165) is 23.7 Å². The van der Waals surface area contributed by atoms with E-state index in [0.29, 0.717) is 25.8 Å². The van der Waals surface area contributed by atoms with Crippen LogP contribution in [-0.2, 0) is 20.7 Å². The zero-order chi connectivity index (χ0) is 20.0. The molecule has 27 heavy (non-hydrogen) atoms. The van der Waals surface area contributed by atoms with Gasteiger partial charge in [0.15, 0.2) is 0 Å². The predicted molar refractivity (Wildman–Crippen MR) is 120 cm³/mol. The highest BCUT2D eigenvalue weighted by Crippen LogP contribution is 2.40. The lowest BCUT2D eigenvalue weighted by atomic mass is 9.75. The lowest BCUT2D eigenvalue weighted by Crippen LogP contribution is -2.32. The molecule has 3 unspecified atom stereocenters. The maximum atomic E-state index is 12.6. The van der Waals surface area contributed by atoms with Crippen LogP contribution >= 0.6 is 28.4 Å². The highest BCUT2D eigenvalue weighted by Gasteiger charge is 2.36. The van der Waals surface area contributed by atoms with Crippen LogP contribution in [0.15, 0.2) is 18.3 Å². The summed E-state index contributed by atoms with van der Waals surface area (Å²) < 4.78 is 7.06. The second kappa shape index (κ2) is 10.5. The summed E-state index contributed by atoms with van der Waals surface area (Å²) in [5.41, 5.74) is 3.65. The minimum Gasteiger partial charge on any atom is -0.465 e. The largest absolute Gasteiger partial charge is 0.465 e. The molecule has 1 aliphatic rings. The van der Waals surface area contributed by atoms with Crippen LogP contribution in [-0.4, -0.2) is 27.9 Å². The van der Waals surface area contributed by atoms with Gasteiger partial charge in [0.2, 0.25) is 0 Å². The first-order valence-electron chi connectivity index (χ1n) is 9.66. The first-order chi connectivity index (χ1) is 13.1. The molecule has 0 amide bonds. The number of ether oxygens (including phenoxy) is 1. The first-order valence-corrected chi connectivity index (χ1v) is 13.7. The lowest BCUT2D eigenvalue weighted by Gasteiger charge is -2.28. The number of carbonyl (C=O) groups excluding carboxylic acids is 2. The summed E-state index contributed by atoms with van der Waals surface area (Å²) in [6, 6.07) is 4.29. The van der Waals surface area contributed by atoms with Gasteiger partial charge in [0.25, 0.3) is 0 Å². The molecule has 0 spiro atoms. The van der Waals surface area contributed by atoms with Crippen molar-refractivity contribution in [2.24, 2.45) is 5.92 Å². The van der Waals surface area contributed by atoms with E-state index >= 15 is 0 Å². The number of ketones is 1. The fourth-order valence-corrected chi connectivity index (χ4v) is 5.32. The van der Waals surface area contributed by atoms with Gasteiger partial charge in [-0.05, 0) is 71.3 Å². The third kappa shape index (κ3) is 4.70. The van der Waals surface area contributed by atoms with Crippen molar-refractivity contribution >= 4 is 51.1 Å². The summed E-state index contributed by atoms with van der Waals surface area (Å²) in [4.78, 5) is 24.5. The third-order valence-electron chi connectivity index (χ3n) is 4.97. The lowest BCUT2D eigenvalue weighted by molar-refractivity contribution is -0.152. The number of benzene rings is 1. The minimum atomic E-state index is -0.584. The molecule has 5 nitrogen and oxygen atoms in total. The number of fused-ring (bicyclic) bond motifs is 1. The molecule has 1 heterocycles. The van der Waals surface area contributed by atoms with Crippen LogP contribution in [0, 0.1) is 5.92 Å². The SMILES string of the molecule is CC.CCOC(=O)C1CCC(c2c(CC)ccc3c2cnn3PI)CC1=O. The number of halogens is 1. The Morgan fingerprint density at radius 3 is 2.67 bits per heavy atom. The Morgan fingerprint density at radius 1 is 1.33 bits per heavy atom. The van der Waals surface area contributed by atoms with Crippen molar-refractivity contribution in [3.05, 3.63) is 29.5 Å². The number of aromatic nitrogens is 2. The van der Waals surface area contributed by atoms with Crippen molar-refractivity contribution in [2.45, 2.75) is 59.3 Å². The molecule has 148 valence electrons. The highest BCUT2D eigenvalue weighted by molar-refractivity contribution is 14.2. The number of carbonyl (C=O) groups is 2. The van der Waals surface area contributed by atoms with Gasteiger partial charge in [-0.15, -0.1) is 0 Å².